The van der Waals surface area contributed by atoms with Crippen LogP contribution in [0.4, 0.5) is 5.82 Å². The van der Waals surface area contributed by atoms with Crippen LogP contribution in [0.15, 0.2) is 6.20 Å². The first kappa shape index (κ1) is 6.95. The molecule has 0 fully saturated rings. The van der Waals surface area contributed by atoms with E-state index >= 15 is 0 Å². The molecule has 1 heterocycles. The van der Waals surface area contributed by atoms with Gasteiger partial charge in [-0.2, -0.15) is 0 Å². The van der Waals surface area contributed by atoms with Gasteiger partial charge in [0.15, 0.2) is 0 Å². The van der Waals surface area contributed by atoms with Crippen molar-refractivity contribution in [1.29, 1.82) is 0 Å². The van der Waals surface area contributed by atoms with Gasteiger partial charge in [0.05, 0.1) is 17.6 Å². The van der Waals surface area contributed by atoms with E-state index in [9.17, 15) is 0 Å². The van der Waals surface area contributed by atoms with Gasteiger partial charge >= 0.3 is 0 Å². The standard InChI is InChI=1S/C6H10N4/c1-4-3-9-6(8)5(2-7)10-4/h3H,2,7H2,1H3,(H2,8,9). The number of aromatic nitrogens is 2. The minimum Gasteiger partial charge on any atom is -0.382 e. The lowest BCUT2D eigenvalue weighted by Gasteiger charge is -1.99. The van der Waals surface area contributed by atoms with Gasteiger partial charge in [0, 0.05) is 6.54 Å². The molecular weight excluding hydrogens is 128 g/mol. The van der Waals surface area contributed by atoms with Crippen molar-refractivity contribution >= 4 is 5.82 Å². The molecule has 4 N–H and O–H groups in total. The molecule has 0 saturated heterocycles. The molecule has 0 aromatic carbocycles. The van der Waals surface area contributed by atoms with E-state index in [4.69, 9.17) is 11.5 Å². The second-order valence-electron chi connectivity index (χ2n) is 2.05. The average Bonchev–Trinajstić information content (AvgIpc) is 1.94. The van der Waals surface area contributed by atoms with Crippen LogP contribution < -0.4 is 11.5 Å². The van der Waals surface area contributed by atoms with E-state index in [0.29, 0.717) is 18.1 Å². The molecule has 4 heteroatoms. The summed E-state index contributed by atoms with van der Waals surface area (Å²) in [5.74, 6) is 0.424. The number of nitrogens with two attached hydrogens (primary N) is 2. The van der Waals surface area contributed by atoms with E-state index < -0.39 is 0 Å². The molecule has 0 saturated carbocycles. The van der Waals surface area contributed by atoms with Crippen LogP contribution in [0.25, 0.3) is 0 Å². The Morgan fingerprint density at radius 2 is 2.30 bits per heavy atom. The Labute approximate surface area is 59.3 Å². The van der Waals surface area contributed by atoms with Gasteiger partial charge in [-0.15, -0.1) is 0 Å². The largest absolute Gasteiger partial charge is 0.382 e. The normalized spacial score (nSPS) is 9.80. The second-order valence-corrected chi connectivity index (χ2v) is 2.05. The zero-order valence-electron chi connectivity index (χ0n) is 5.83. The summed E-state index contributed by atoms with van der Waals surface area (Å²) in [6.07, 6.45) is 1.62. The zero-order valence-corrected chi connectivity index (χ0v) is 5.83. The van der Waals surface area contributed by atoms with E-state index in [2.05, 4.69) is 9.97 Å². The van der Waals surface area contributed by atoms with Crippen LogP contribution in [0.2, 0.25) is 0 Å². The Bertz CT molecular complexity index is 233. The molecular formula is C6H10N4. The van der Waals surface area contributed by atoms with Crippen molar-refractivity contribution in [3.8, 4) is 0 Å². The van der Waals surface area contributed by atoms with Crippen LogP contribution in [0.1, 0.15) is 11.4 Å². The molecule has 1 aromatic heterocycles. The first-order valence-electron chi connectivity index (χ1n) is 3.02. The quantitative estimate of drug-likeness (QED) is 0.564. The van der Waals surface area contributed by atoms with Gasteiger partial charge in [-0.25, -0.2) is 4.98 Å². The molecule has 1 aromatic rings. The van der Waals surface area contributed by atoms with E-state index in [1.165, 1.54) is 0 Å². The number of rotatable bonds is 1. The number of aryl methyl sites for hydroxylation is 1. The highest BCUT2D eigenvalue weighted by molar-refractivity contribution is 5.33. The fourth-order valence-electron chi connectivity index (χ4n) is 0.687. The molecule has 0 aliphatic heterocycles. The molecule has 0 aliphatic carbocycles. The van der Waals surface area contributed by atoms with Crippen LogP contribution in [0.5, 0.6) is 0 Å². The van der Waals surface area contributed by atoms with Crippen molar-refractivity contribution in [2.45, 2.75) is 13.5 Å². The first-order valence-corrected chi connectivity index (χ1v) is 3.02. The SMILES string of the molecule is Cc1cnc(N)c(CN)n1. The monoisotopic (exact) mass is 138 g/mol. The highest BCUT2D eigenvalue weighted by atomic mass is 14.9. The Morgan fingerprint density at radius 3 is 2.80 bits per heavy atom. The first-order chi connectivity index (χ1) is 4.74. The van der Waals surface area contributed by atoms with E-state index in [1.807, 2.05) is 6.92 Å². The predicted molar refractivity (Wildman–Crippen MR) is 39.1 cm³/mol. The van der Waals surface area contributed by atoms with Crippen LogP contribution in [0, 0.1) is 6.92 Å². The van der Waals surface area contributed by atoms with E-state index in [-0.39, 0.29) is 0 Å². The Balaban J connectivity index is 3.09. The van der Waals surface area contributed by atoms with Crippen molar-refractivity contribution < 1.29 is 0 Å². The van der Waals surface area contributed by atoms with Crippen LogP contribution >= 0.6 is 0 Å². The van der Waals surface area contributed by atoms with Crippen LogP contribution in [0.3, 0.4) is 0 Å². The second kappa shape index (κ2) is 2.62. The minimum absolute atomic E-state index is 0.348. The van der Waals surface area contributed by atoms with E-state index in [0.717, 1.165) is 5.69 Å². The van der Waals surface area contributed by atoms with Gasteiger partial charge < -0.3 is 11.5 Å². The Kier molecular flexibility index (Phi) is 1.82. The minimum atomic E-state index is 0.348. The van der Waals surface area contributed by atoms with Crippen molar-refractivity contribution in [3.63, 3.8) is 0 Å². The topological polar surface area (TPSA) is 77.8 Å². The molecule has 54 valence electrons. The third-order valence-corrected chi connectivity index (χ3v) is 1.19. The molecule has 0 spiro atoms. The van der Waals surface area contributed by atoms with E-state index in [1.54, 1.807) is 6.20 Å². The zero-order chi connectivity index (χ0) is 7.56. The summed E-state index contributed by atoms with van der Waals surface area (Å²) in [7, 11) is 0. The fraction of sp³-hybridized carbons (Fsp3) is 0.333. The van der Waals surface area contributed by atoms with Crippen LogP contribution in [-0.2, 0) is 6.54 Å². The summed E-state index contributed by atoms with van der Waals surface area (Å²) < 4.78 is 0. The highest BCUT2D eigenvalue weighted by Crippen LogP contribution is 2.02. The number of anilines is 1. The maximum atomic E-state index is 5.45. The molecule has 0 unspecified atom stereocenters. The Hall–Kier alpha value is -1.16. The van der Waals surface area contributed by atoms with Gasteiger partial charge in [0.25, 0.3) is 0 Å². The van der Waals surface area contributed by atoms with Gasteiger partial charge in [-0.1, -0.05) is 0 Å². The van der Waals surface area contributed by atoms with Gasteiger partial charge in [0.2, 0.25) is 0 Å². The van der Waals surface area contributed by atoms with Crippen molar-refractivity contribution in [2.75, 3.05) is 5.73 Å². The maximum absolute atomic E-state index is 5.45. The number of nitrogens with zero attached hydrogens (tertiary/aromatic N) is 2. The van der Waals surface area contributed by atoms with Crippen molar-refractivity contribution in [2.24, 2.45) is 5.73 Å². The number of hydrogen-bond acceptors (Lipinski definition) is 4. The third-order valence-electron chi connectivity index (χ3n) is 1.19. The summed E-state index contributed by atoms with van der Waals surface area (Å²) in [4.78, 5) is 7.96. The summed E-state index contributed by atoms with van der Waals surface area (Å²) in [5, 5.41) is 0. The summed E-state index contributed by atoms with van der Waals surface area (Å²) in [6.45, 7) is 2.20. The van der Waals surface area contributed by atoms with Gasteiger partial charge in [-0.05, 0) is 6.92 Å². The van der Waals surface area contributed by atoms with Gasteiger partial charge in [0.1, 0.15) is 5.82 Å². The predicted octanol–water partition coefficient (Wildman–Crippen LogP) is -0.174. The van der Waals surface area contributed by atoms with Gasteiger partial charge in [-0.3, -0.25) is 4.98 Å². The molecule has 0 amide bonds. The molecule has 0 radical (unpaired) electrons. The molecule has 0 atom stereocenters. The lowest BCUT2D eigenvalue weighted by atomic mass is 10.4. The van der Waals surface area contributed by atoms with Crippen molar-refractivity contribution in [3.05, 3.63) is 17.6 Å². The summed E-state index contributed by atoms with van der Waals surface area (Å²) in [5.41, 5.74) is 12.3. The molecule has 10 heavy (non-hydrogen) atoms. The number of nitrogen functional groups attached to an aromatic ring is 1. The lowest BCUT2D eigenvalue weighted by Crippen LogP contribution is -2.06. The van der Waals surface area contributed by atoms with Crippen molar-refractivity contribution in [1.82, 2.24) is 9.97 Å². The summed E-state index contributed by atoms with van der Waals surface area (Å²) in [6, 6.07) is 0. The third kappa shape index (κ3) is 1.22. The molecule has 1 rings (SSSR count). The highest BCUT2D eigenvalue weighted by Gasteiger charge is 1.97. The summed E-state index contributed by atoms with van der Waals surface area (Å²) >= 11 is 0. The molecule has 0 aliphatic rings. The Morgan fingerprint density at radius 1 is 1.60 bits per heavy atom. The molecule has 0 bridgehead atoms. The number of hydrogen-bond donors (Lipinski definition) is 2. The molecule has 4 nitrogen and oxygen atoms in total. The lowest BCUT2D eigenvalue weighted by molar-refractivity contribution is 0.948. The smallest absolute Gasteiger partial charge is 0.146 e. The van der Waals surface area contributed by atoms with Crippen LogP contribution in [-0.4, -0.2) is 9.97 Å². The maximum Gasteiger partial charge on any atom is 0.146 e. The fourth-order valence-corrected chi connectivity index (χ4v) is 0.687. The average molecular weight is 138 g/mol.